The van der Waals surface area contributed by atoms with Crippen molar-refractivity contribution in [2.24, 2.45) is 5.92 Å². The van der Waals surface area contributed by atoms with Crippen LogP contribution in [0.1, 0.15) is 43.1 Å². The maximum absolute atomic E-state index is 12.7. The van der Waals surface area contributed by atoms with E-state index in [-0.39, 0.29) is 11.9 Å². The number of amides is 1. The summed E-state index contributed by atoms with van der Waals surface area (Å²) in [6.07, 6.45) is 2.73. The van der Waals surface area contributed by atoms with Crippen LogP contribution in [-0.4, -0.2) is 21.9 Å². The van der Waals surface area contributed by atoms with Crippen LogP contribution in [-0.2, 0) is 11.3 Å². The fourth-order valence-electron chi connectivity index (χ4n) is 3.31. The molecule has 2 aromatic rings. The summed E-state index contributed by atoms with van der Waals surface area (Å²) in [6.45, 7) is 7.98. The first-order valence-electron chi connectivity index (χ1n) is 8.07. The molecule has 0 bridgehead atoms. The number of fused-ring (bicyclic) bond motifs is 1. The molecule has 0 saturated heterocycles. The number of carbonyl (C=O) groups is 1. The van der Waals surface area contributed by atoms with Gasteiger partial charge in [0.2, 0.25) is 5.91 Å². The van der Waals surface area contributed by atoms with E-state index in [4.69, 9.17) is 0 Å². The molecule has 1 aromatic heterocycles. The molecule has 3 nitrogen and oxygen atoms in total. The van der Waals surface area contributed by atoms with E-state index < -0.39 is 0 Å². The van der Waals surface area contributed by atoms with Crippen LogP contribution in [0.25, 0.3) is 0 Å². The quantitative estimate of drug-likeness (QED) is 0.846. The van der Waals surface area contributed by atoms with Gasteiger partial charge in [-0.15, -0.1) is 0 Å². The molecule has 2 heterocycles. The van der Waals surface area contributed by atoms with Gasteiger partial charge in [0, 0.05) is 31.4 Å². The predicted octanol–water partition coefficient (Wildman–Crippen LogP) is 3.77. The fourth-order valence-corrected chi connectivity index (χ4v) is 3.31. The Morgan fingerprint density at radius 2 is 2.05 bits per heavy atom. The third-order valence-electron chi connectivity index (χ3n) is 4.30. The number of carbonyl (C=O) groups excluding carboxylic acids is 1. The highest BCUT2D eigenvalue weighted by atomic mass is 16.2. The molecule has 1 amide bonds. The van der Waals surface area contributed by atoms with E-state index in [0.29, 0.717) is 12.3 Å². The van der Waals surface area contributed by atoms with E-state index in [0.717, 1.165) is 13.1 Å². The number of aromatic nitrogens is 1. The second-order valence-corrected chi connectivity index (χ2v) is 6.63. The van der Waals surface area contributed by atoms with Gasteiger partial charge in [-0.05, 0) is 30.5 Å². The molecular weight excluding hydrogens is 272 g/mol. The Kier molecular flexibility index (Phi) is 4.06. The molecule has 0 spiro atoms. The summed E-state index contributed by atoms with van der Waals surface area (Å²) in [7, 11) is 0. The van der Waals surface area contributed by atoms with Gasteiger partial charge >= 0.3 is 0 Å². The average molecular weight is 296 g/mol. The topological polar surface area (TPSA) is 25.2 Å². The van der Waals surface area contributed by atoms with Crippen molar-refractivity contribution in [1.82, 2.24) is 9.47 Å². The number of nitrogens with zero attached hydrogens (tertiary/aromatic N) is 2. The van der Waals surface area contributed by atoms with Crippen molar-refractivity contribution in [3.8, 4) is 0 Å². The number of aryl methyl sites for hydroxylation is 1. The van der Waals surface area contributed by atoms with Gasteiger partial charge < -0.3 is 9.47 Å². The van der Waals surface area contributed by atoms with E-state index in [1.807, 2.05) is 0 Å². The van der Waals surface area contributed by atoms with E-state index in [1.54, 1.807) is 0 Å². The van der Waals surface area contributed by atoms with Crippen LogP contribution >= 0.6 is 0 Å². The number of benzene rings is 1. The van der Waals surface area contributed by atoms with E-state index in [9.17, 15) is 4.79 Å². The fraction of sp³-hybridized carbons (Fsp3) is 0.421. The van der Waals surface area contributed by atoms with Gasteiger partial charge in [-0.1, -0.05) is 43.7 Å². The molecule has 1 aromatic carbocycles. The number of hydrogen-bond acceptors (Lipinski definition) is 1. The molecule has 1 aliphatic rings. The van der Waals surface area contributed by atoms with Crippen molar-refractivity contribution in [2.75, 3.05) is 6.54 Å². The first kappa shape index (κ1) is 14.9. The average Bonchev–Trinajstić information content (AvgIpc) is 2.93. The lowest BCUT2D eigenvalue weighted by atomic mass is 9.97. The zero-order chi connectivity index (χ0) is 15.7. The highest BCUT2D eigenvalue weighted by Crippen LogP contribution is 2.33. The van der Waals surface area contributed by atoms with Crippen molar-refractivity contribution in [3.05, 3.63) is 59.4 Å². The monoisotopic (exact) mass is 296 g/mol. The second-order valence-electron chi connectivity index (χ2n) is 6.63. The zero-order valence-corrected chi connectivity index (χ0v) is 13.6. The first-order chi connectivity index (χ1) is 10.6. The van der Waals surface area contributed by atoms with E-state index in [2.05, 4.69) is 72.8 Å². The van der Waals surface area contributed by atoms with Gasteiger partial charge in [0.05, 0.1) is 6.04 Å². The summed E-state index contributed by atoms with van der Waals surface area (Å²) in [6, 6.07) is 12.8. The van der Waals surface area contributed by atoms with Gasteiger partial charge in [0.25, 0.3) is 0 Å². The molecule has 1 aliphatic heterocycles. The molecule has 0 aliphatic carbocycles. The van der Waals surface area contributed by atoms with Crippen molar-refractivity contribution in [1.29, 1.82) is 0 Å². The molecule has 116 valence electrons. The minimum absolute atomic E-state index is 0.0369. The minimum atomic E-state index is 0.0369. The van der Waals surface area contributed by atoms with Crippen LogP contribution < -0.4 is 0 Å². The summed E-state index contributed by atoms with van der Waals surface area (Å²) in [5.74, 6) is 0.647. The Hall–Kier alpha value is -2.03. The van der Waals surface area contributed by atoms with Gasteiger partial charge in [-0.3, -0.25) is 4.79 Å². The lowest BCUT2D eigenvalue weighted by Crippen LogP contribution is -2.42. The van der Waals surface area contributed by atoms with Crippen LogP contribution in [0.4, 0.5) is 0 Å². The van der Waals surface area contributed by atoms with Crippen molar-refractivity contribution in [3.63, 3.8) is 0 Å². The first-order valence-corrected chi connectivity index (χ1v) is 8.07. The van der Waals surface area contributed by atoms with Gasteiger partial charge in [-0.25, -0.2) is 0 Å². The minimum Gasteiger partial charge on any atom is -0.348 e. The SMILES string of the molecule is Cc1cccc([C@@H]2c3cccn3CCN2C(=O)CC(C)C)c1. The molecule has 0 fully saturated rings. The van der Waals surface area contributed by atoms with Crippen molar-refractivity contribution >= 4 is 5.91 Å². The molecular formula is C19H24N2O. The molecule has 0 saturated carbocycles. The standard InChI is InChI=1S/C19H24N2O/c1-14(2)12-18(22)21-11-10-20-9-5-8-17(20)19(21)16-7-4-6-15(3)13-16/h4-9,13-14,19H,10-12H2,1-3H3/t19-/m1/s1. The van der Waals surface area contributed by atoms with Crippen LogP contribution in [0.2, 0.25) is 0 Å². The summed E-state index contributed by atoms with van der Waals surface area (Å²) in [4.78, 5) is 14.8. The van der Waals surface area contributed by atoms with Crippen LogP contribution in [0.15, 0.2) is 42.6 Å². The van der Waals surface area contributed by atoms with Gasteiger partial charge in [0.1, 0.15) is 0 Å². The molecule has 0 N–H and O–H groups in total. The number of hydrogen-bond donors (Lipinski definition) is 0. The Labute approximate surface area is 132 Å². The normalized spacial score (nSPS) is 17.6. The van der Waals surface area contributed by atoms with E-state index in [1.165, 1.54) is 16.8 Å². The summed E-state index contributed by atoms with van der Waals surface area (Å²) < 4.78 is 2.27. The maximum atomic E-state index is 12.7. The van der Waals surface area contributed by atoms with Crippen molar-refractivity contribution in [2.45, 2.75) is 39.8 Å². The van der Waals surface area contributed by atoms with Crippen LogP contribution in [0.3, 0.4) is 0 Å². The zero-order valence-electron chi connectivity index (χ0n) is 13.6. The smallest absolute Gasteiger partial charge is 0.223 e. The molecule has 1 atom stereocenters. The lowest BCUT2D eigenvalue weighted by molar-refractivity contribution is -0.134. The predicted molar refractivity (Wildman–Crippen MR) is 88.6 cm³/mol. The highest BCUT2D eigenvalue weighted by Gasteiger charge is 2.32. The van der Waals surface area contributed by atoms with Crippen LogP contribution in [0, 0.1) is 12.8 Å². The summed E-state index contributed by atoms with van der Waals surface area (Å²) >= 11 is 0. The van der Waals surface area contributed by atoms with Crippen LogP contribution in [0.5, 0.6) is 0 Å². The second kappa shape index (κ2) is 5.99. The third kappa shape index (κ3) is 2.80. The van der Waals surface area contributed by atoms with Gasteiger partial charge in [0.15, 0.2) is 0 Å². The Bertz CT molecular complexity index is 672. The highest BCUT2D eigenvalue weighted by molar-refractivity contribution is 5.77. The summed E-state index contributed by atoms with van der Waals surface area (Å²) in [5.41, 5.74) is 3.66. The third-order valence-corrected chi connectivity index (χ3v) is 4.30. The summed E-state index contributed by atoms with van der Waals surface area (Å²) in [5, 5.41) is 0. The van der Waals surface area contributed by atoms with Crippen molar-refractivity contribution < 1.29 is 4.79 Å². The lowest BCUT2D eigenvalue weighted by Gasteiger charge is -2.38. The molecule has 0 unspecified atom stereocenters. The Balaban J connectivity index is 2.01. The molecule has 22 heavy (non-hydrogen) atoms. The largest absolute Gasteiger partial charge is 0.348 e. The van der Waals surface area contributed by atoms with Gasteiger partial charge in [-0.2, -0.15) is 0 Å². The van der Waals surface area contributed by atoms with E-state index >= 15 is 0 Å². The number of rotatable bonds is 3. The molecule has 3 heteroatoms. The molecule has 3 rings (SSSR count). The Morgan fingerprint density at radius 3 is 2.77 bits per heavy atom. The molecule has 0 radical (unpaired) electrons. The Morgan fingerprint density at radius 1 is 1.23 bits per heavy atom. The maximum Gasteiger partial charge on any atom is 0.223 e.